The van der Waals surface area contributed by atoms with Crippen LogP contribution in [0, 0.1) is 11.8 Å². The number of esters is 2. The van der Waals surface area contributed by atoms with E-state index < -0.39 is 0 Å². The standard InChI is InChI=1S/C20H32O4/c1-3-5-7-11-15-23-19(21)17-13-9-10-14-18(17)20(22)24-16-12-8-6-4-2/h3-4,17-18H,1-2,5-16H2. The summed E-state index contributed by atoms with van der Waals surface area (Å²) in [5, 5.41) is 0. The zero-order valence-corrected chi connectivity index (χ0v) is 14.8. The first kappa shape index (κ1) is 20.5. The van der Waals surface area contributed by atoms with Crippen molar-refractivity contribution < 1.29 is 19.1 Å². The van der Waals surface area contributed by atoms with E-state index in [1.807, 2.05) is 12.2 Å². The average molecular weight is 336 g/mol. The van der Waals surface area contributed by atoms with Crippen LogP contribution in [0.15, 0.2) is 25.3 Å². The Morgan fingerprint density at radius 2 is 1.21 bits per heavy atom. The third-order valence-electron chi connectivity index (χ3n) is 4.47. The Morgan fingerprint density at radius 1 is 0.792 bits per heavy atom. The van der Waals surface area contributed by atoms with Crippen LogP contribution in [-0.2, 0) is 19.1 Å². The molecule has 4 nitrogen and oxygen atoms in total. The van der Waals surface area contributed by atoms with Gasteiger partial charge in [0.1, 0.15) is 0 Å². The summed E-state index contributed by atoms with van der Waals surface area (Å²) in [7, 11) is 0. The minimum atomic E-state index is -0.334. The lowest BCUT2D eigenvalue weighted by Gasteiger charge is -2.28. The molecule has 0 amide bonds. The van der Waals surface area contributed by atoms with Gasteiger partial charge in [-0.25, -0.2) is 0 Å². The fourth-order valence-corrected chi connectivity index (χ4v) is 3.04. The molecule has 0 spiro atoms. The molecule has 4 heteroatoms. The molecule has 0 aromatic carbocycles. The molecule has 0 bridgehead atoms. The van der Waals surface area contributed by atoms with Crippen LogP contribution in [0.25, 0.3) is 0 Å². The highest BCUT2D eigenvalue weighted by Gasteiger charge is 2.37. The zero-order chi connectivity index (χ0) is 17.6. The molecular weight excluding hydrogens is 304 g/mol. The second-order valence-electron chi connectivity index (χ2n) is 6.40. The highest BCUT2D eigenvalue weighted by atomic mass is 16.5. The summed E-state index contributed by atoms with van der Waals surface area (Å²) in [6.45, 7) is 8.19. The molecule has 0 saturated heterocycles. The number of allylic oxidation sites excluding steroid dienone is 2. The van der Waals surface area contributed by atoms with Crippen LogP contribution in [0.5, 0.6) is 0 Å². The fourth-order valence-electron chi connectivity index (χ4n) is 3.04. The molecule has 2 unspecified atom stereocenters. The summed E-state index contributed by atoms with van der Waals surface area (Å²) < 4.78 is 10.7. The molecule has 24 heavy (non-hydrogen) atoms. The van der Waals surface area contributed by atoms with Crippen LogP contribution in [0.1, 0.15) is 64.2 Å². The van der Waals surface area contributed by atoms with E-state index in [4.69, 9.17) is 9.47 Å². The van der Waals surface area contributed by atoms with E-state index in [0.717, 1.165) is 64.2 Å². The lowest BCUT2D eigenvalue weighted by Crippen LogP contribution is -2.35. The van der Waals surface area contributed by atoms with E-state index in [9.17, 15) is 9.59 Å². The van der Waals surface area contributed by atoms with Crippen molar-refractivity contribution in [3.05, 3.63) is 25.3 Å². The maximum atomic E-state index is 12.3. The third kappa shape index (κ3) is 7.80. The summed E-state index contributed by atoms with van der Waals surface area (Å²) in [4.78, 5) is 24.6. The van der Waals surface area contributed by atoms with Crippen molar-refractivity contribution in [2.24, 2.45) is 11.8 Å². The highest BCUT2D eigenvalue weighted by molar-refractivity contribution is 5.82. The van der Waals surface area contributed by atoms with Crippen molar-refractivity contribution in [2.45, 2.75) is 64.2 Å². The van der Waals surface area contributed by atoms with Crippen LogP contribution in [0.4, 0.5) is 0 Å². The van der Waals surface area contributed by atoms with E-state index in [0.29, 0.717) is 13.2 Å². The van der Waals surface area contributed by atoms with Gasteiger partial charge in [0.2, 0.25) is 0 Å². The van der Waals surface area contributed by atoms with Gasteiger partial charge in [-0.05, 0) is 51.4 Å². The van der Waals surface area contributed by atoms with Crippen LogP contribution in [-0.4, -0.2) is 25.2 Å². The number of hydrogen-bond donors (Lipinski definition) is 0. The molecule has 1 saturated carbocycles. The van der Waals surface area contributed by atoms with Gasteiger partial charge in [-0.1, -0.05) is 25.0 Å². The molecule has 2 atom stereocenters. The molecule has 0 aliphatic heterocycles. The summed E-state index contributed by atoms with van der Waals surface area (Å²) in [5.74, 6) is -1.14. The SMILES string of the molecule is C=CCCCCOC(=O)C1CCCCC1C(=O)OCCCCC=C. The molecule has 136 valence electrons. The Morgan fingerprint density at radius 3 is 1.58 bits per heavy atom. The van der Waals surface area contributed by atoms with Crippen molar-refractivity contribution in [1.82, 2.24) is 0 Å². The first-order valence-corrected chi connectivity index (χ1v) is 9.25. The smallest absolute Gasteiger partial charge is 0.309 e. The lowest BCUT2D eigenvalue weighted by molar-refractivity contribution is -0.163. The number of rotatable bonds is 12. The van der Waals surface area contributed by atoms with Gasteiger partial charge in [0.15, 0.2) is 0 Å². The summed E-state index contributed by atoms with van der Waals surface area (Å²) >= 11 is 0. The number of unbranched alkanes of at least 4 members (excludes halogenated alkanes) is 4. The Kier molecular flexibility index (Phi) is 10.9. The Labute approximate surface area is 146 Å². The molecule has 1 aliphatic rings. The highest BCUT2D eigenvalue weighted by Crippen LogP contribution is 2.32. The number of hydrogen-bond acceptors (Lipinski definition) is 4. The van der Waals surface area contributed by atoms with Crippen molar-refractivity contribution in [3.8, 4) is 0 Å². The Balaban J connectivity index is 2.36. The lowest BCUT2D eigenvalue weighted by atomic mass is 9.79. The minimum Gasteiger partial charge on any atom is -0.465 e. The van der Waals surface area contributed by atoms with Gasteiger partial charge in [0, 0.05) is 0 Å². The van der Waals surface area contributed by atoms with E-state index in [2.05, 4.69) is 13.2 Å². The molecule has 0 N–H and O–H groups in total. The first-order chi connectivity index (χ1) is 11.7. The summed E-state index contributed by atoms with van der Waals surface area (Å²) in [6.07, 6.45) is 12.6. The van der Waals surface area contributed by atoms with Crippen molar-refractivity contribution in [1.29, 1.82) is 0 Å². The molecule has 0 heterocycles. The van der Waals surface area contributed by atoms with Crippen LogP contribution < -0.4 is 0 Å². The molecule has 1 aliphatic carbocycles. The van der Waals surface area contributed by atoms with Gasteiger partial charge in [0.05, 0.1) is 25.0 Å². The monoisotopic (exact) mass is 336 g/mol. The van der Waals surface area contributed by atoms with Gasteiger partial charge in [-0.15, -0.1) is 13.2 Å². The van der Waals surface area contributed by atoms with Crippen LogP contribution in [0.3, 0.4) is 0 Å². The number of carbonyl (C=O) groups excluding carboxylic acids is 2. The summed E-state index contributed by atoms with van der Waals surface area (Å²) in [6, 6.07) is 0. The van der Waals surface area contributed by atoms with Crippen molar-refractivity contribution >= 4 is 11.9 Å². The van der Waals surface area contributed by atoms with Crippen molar-refractivity contribution in [3.63, 3.8) is 0 Å². The van der Waals surface area contributed by atoms with Gasteiger partial charge < -0.3 is 9.47 Å². The maximum Gasteiger partial charge on any atom is 0.309 e. The molecule has 0 radical (unpaired) electrons. The molecule has 1 fully saturated rings. The molecule has 1 rings (SSSR count). The van der Waals surface area contributed by atoms with E-state index in [1.165, 1.54) is 0 Å². The van der Waals surface area contributed by atoms with Gasteiger partial charge in [-0.2, -0.15) is 0 Å². The molecule has 0 aromatic rings. The van der Waals surface area contributed by atoms with E-state index >= 15 is 0 Å². The minimum absolute atomic E-state index is 0.234. The van der Waals surface area contributed by atoms with Gasteiger partial charge >= 0.3 is 11.9 Å². The molecule has 0 aromatic heterocycles. The summed E-state index contributed by atoms with van der Waals surface area (Å²) in [5.41, 5.74) is 0. The number of ether oxygens (including phenoxy) is 2. The molecular formula is C20H32O4. The topological polar surface area (TPSA) is 52.6 Å². The zero-order valence-electron chi connectivity index (χ0n) is 14.8. The van der Waals surface area contributed by atoms with Crippen molar-refractivity contribution in [2.75, 3.05) is 13.2 Å². The van der Waals surface area contributed by atoms with E-state index in [1.54, 1.807) is 0 Å². The predicted octanol–water partition coefficient (Wildman–Crippen LogP) is 4.59. The normalized spacial score (nSPS) is 20.2. The quantitative estimate of drug-likeness (QED) is 0.297. The predicted molar refractivity (Wildman–Crippen MR) is 95.5 cm³/mol. The van der Waals surface area contributed by atoms with E-state index in [-0.39, 0.29) is 23.8 Å². The van der Waals surface area contributed by atoms with Gasteiger partial charge in [-0.3, -0.25) is 9.59 Å². The fraction of sp³-hybridized carbons (Fsp3) is 0.700. The van der Waals surface area contributed by atoms with Gasteiger partial charge in [0.25, 0.3) is 0 Å². The number of carbonyl (C=O) groups is 2. The Hall–Kier alpha value is -1.58. The second kappa shape index (κ2) is 12.8. The Bertz CT molecular complexity index is 364. The second-order valence-corrected chi connectivity index (χ2v) is 6.40. The third-order valence-corrected chi connectivity index (χ3v) is 4.47. The van der Waals surface area contributed by atoms with Crippen LogP contribution in [0.2, 0.25) is 0 Å². The average Bonchev–Trinajstić information content (AvgIpc) is 2.61. The largest absolute Gasteiger partial charge is 0.465 e. The first-order valence-electron chi connectivity index (χ1n) is 9.25. The maximum absolute atomic E-state index is 12.3. The van der Waals surface area contributed by atoms with Crippen LogP contribution >= 0.6 is 0 Å².